The molecule has 3 aromatic rings. The lowest BCUT2D eigenvalue weighted by molar-refractivity contribution is 0.0563. The Kier molecular flexibility index (Phi) is 4.04. The van der Waals surface area contributed by atoms with Gasteiger partial charge in [0.25, 0.3) is 5.56 Å². The molecule has 6 nitrogen and oxygen atoms in total. The van der Waals surface area contributed by atoms with Gasteiger partial charge in [-0.1, -0.05) is 11.8 Å². The predicted octanol–water partition coefficient (Wildman–Crippen LogP) is 2.67. The highest BCUT2D eigenvalue weighted by molar-refractivity contribution is 7.98. The molecule has 3 rings (SSSR count). The lowest BCUT2D eigenvalue weighted by Gasteiger charge is -2.05. The molecule has 0 N–H and O–H groups in total. The zero-order valence-electron chi connectivity index (χ0n) is 11.9. The molecule has 0 unspecified atom stereocenters. The second kappa shape index (κ2) is 5.98. The lowest BCUT2D eigenvalue weighted by atomic mass is 10.4. The molecule has 3 heterocycles. The average Bonchev–Trinajstić information content (AvgIpc) is 3.17. The van der Waals surface area contributed by atoms with Gasteiger partial charge >= 0.3 is 5.97 Å². The number of thioether (sulfide) groups is 1. The fourth-order valence-corrected chi connectivity index (χ4v) is 3.57. The third-order valence-electron chi connectivity index (χ3n) is 3.04. The van der Waals surface area contributed by atoms with Crippen molar-refractivity contribution < 1.29 is 13.9 Å². The maximum Gasteiger partial charge on any atom is 0.373 e. The number of methoxy groups -OCH3 is 1. The zero-order valence-corrected chi connectivity index (χ0v) is 13.5. The summed E-state index contributed by atoms with van der Waals surface area (Å²) in [5, 5.41) is 2.45. The fourth-order valence-electron chi connectivity index (χ4n) is 1.90. The molecule has 0 aliphatic heterocycles. The van der Waals surface area contributed by atoms with Crippen molar-refractivity contribution in [3.05, 3.63) is 45.5 Å². The highest BCUT2D eigenvalue weighted by atomic mass is 32.2. The highest BCUT2D eigenvalue weighted by Gasteiger charge is 2.13. The zero-order chi connectivity index (χ0) is 15.7. The molecule has 0 saturated heterocycles. The smallest absolute Gasteiger partial charge is 0.373 e. The van der Waals surface area contributed by atoms with Gasteiger partial charge in [0.1, 0.15) is 10.5 Å². The van der Waals surface area contributed by atoms with Gasteiger partial charge in [0.15, 0.2) is 5.16 Å². The second-order valence-electron chi connectivity index (χ2n) is 4.44. The molecular formula is C14H12N2O4S2. The molecule has 0 radical (unpaired) electrons. The third-order valence-corrected chi connectivity index (χ3v) is 4.98. The van der Waals surface area contributed by atoms with E-state index in [2.05, 4.69) is 9.72 Å². The van der Waals surface area contributed by atoms with E-state index in [0.717, 1.165) is 0 Å². The van der Waals surface area contributed by atoms with Crippen molar-refractivity contribution in [2.24, 2.45) is 7.05 Å². The predicted molar refractivity (Wildman–Crippen MR) is 84.5 cm³/mol. The van der Waals surface area contributed by atoms with E-state index in [9.17, 15) is 9.59 Å². The first-order valence-corrected chi connectivity index (χ1v) is 8.20. The van der Waals surface area contributed by atoms with E-state index in [1.165, 1.54) is 34.8 Å². The van der Waals surface area contributed by atoms with Crippen molar-refractivity contribution in [3.63, 3.8) is 0 Å². The molecule has 0 aliphatic carbocycles. The number of nitrogens with zero attached hydrogens (tertiary/aromatic N) is 2. The van der Waals surface area contributed by atoms with E-state index >= 15 is 0 Å². The van der Waals surface area contributed by atoms with Crippen LogP contribution >= 0.6 is 23.1 Å². The second-order valence-corrected chi connectivity index (χ2v) is 6.30. The van der Waals surface area contributed by atoms with Gasteiger partial charge in [-0.05, 0) is 23.6 Å². The van der Waals surface area contributed by atoms with Crippen LogP contribution in [0.5, 0.6) is 0 Å². The summed E-state index contributed by atoms with van der Waals surface area (Å²) in [5.41, 5.74) is 0.641. The summed E-state index contributed by atoms with van der Waals surface area (Å²) in [4.78, 5) is 28.0. The maximum atomic E-state index is 12.2. The van der Waals surface area contributed by atoms with Gasteiger partial charge in [-0.25, -0.2) is 9.78 Å². The van der Waals surface area contributed by atoms with Crippen LogP contribution in [0.15, 0.2) is 37.9 Å². The molecule has 0 atom stereocenters. The van der Waals surface area contributed by atoms with Crippen LogP contribution in [0.1, 0.15) is 16.3 Å². The largest absolute Gasteiger partial charge is 0.463 e. The van der Waals surface area contributed by atoms with E-state index in [1.54, 1.807) is 19.2 Å². The van der Waals surface area contributed by atoms with E-state index in [1.807, 2.05) is 11.4 Å². The minimum Gasteiger partial charge on any atom is -0.463 e. The number of furan rings is 1. The number of thiophene rings is 1. The van der Waals surface area contributed by atoms with Crippen LogP contribution in [0.3, 0.4) is 0 Å². The Morgan fingerprint density at radius 2 is 2.27 bits per heavy atom. The number of carbonyl (C=O) groups is 1. The topological polar surface area (TPSA) is 74.3 Å². The summed E-state index contributed by atoms with van der Waals surface area (Å²) < 4.78 is 12.2. The summed E-state index contributed by atoms with van der Waals surface area (Å²) >= 11 is 2.76. The minimum atomic E-state index is -0.513. The Hall–Kier alpha value is -2.06. The number of carbonyl (C=O) groups excluding carboxylic acids is 1. The van der Waals surface area contributed by atoms with Gasteiger partial charge in [-0.2, -0.15) is 0 Å². The van der Waals surface area contributed by atoms with Crippen LogP contribution in [0.25, 0.3) is 10.2 Å². The minimum absolute atomic E-state index is 0.0582. The van der Waals surface area contributed by atoms with Crippen molar-refractivity contribution in [2.75, 3.05) is 7.11 Å². The van der Waals surface area contributed by atoms with Crippen molar-refractivity contribution >= 4 is 39.3 Å². The first-order chi connectivity index (χ1) is 10.6. The number of rotatable bonds is 4. The summed E-state index contributed by atoms with van der Waals surface area (Å²) in [6, 6.07) is 5.10. The third kappa shape index (κ3) is 2.67. The van der Waals surface area contributed by atoms with Crippen LogP contribution in [0.2, 0.25) is 0 Å². The van der Waals surface area contributed by atoms with Crippen molar-refractivity contribution in [1.29, 1.82) is 0 Å². The molecule has 22 heavy (non-hydrogen) atoms. The Morgan fingerprint density at radius 3 is 3.05 bits per heavy atom. The molecule has 0 spiro atoms. The number of aromatic nitrogens is 2. The van der Waals surface area contributed by atoms with E-state index in [-0.39, 0.29) is 11.3 Å². The average molecular weight is 336 g/mol. The number of hydrogen-bond donors (Lipinski definition) is 0. The first kappa shape index (κ1) is 14.9. The van der Waals surface area contributed by atoms with Crippen LogP contribution in [0, 0.1) is 0 Å². The maximum absolute atomic E-state index is 12.2. The summed E-state index contributed by atoms with van der Waals surface area (Å²) in [6.07, 6.45) is 0. The van der Waals surface area contributed by atoms with Crippen LogP contribution in [-0.4, -0.2) is 22.6 Å². The fraction of sp³-hybridized carbons (Fsp3) is 0.214. The molecule has 0 saturated carbocycles. The number of hydrogen-bond acceptors (Lipinski definition) is 7. The molecule has 0 fully saturated rings. The summed E-state index contributed by atoms with van der Waals surface area (Å²) in [5.74, 6) is 0.729. The summed E-state index contributed by atoms with van der Waals surface area (Å²) in [6.45, 7) is 0. The van der Waals surface area contributed by atoms with Crippen molar-refractivity contribution in [1.82, 2.24) is 9.55 Å². The molecule has 0 aromatic carbocycles. The highest BCUT2D eigenvalue weighted by Crippen LogP contribution is 2.24. The Labute approximate surface area is 133 Å². The van der Waals surface area contributed by atoms with Gasteiger partial charge in [0, 0.05) is 7.05 Å². The van der Waals surface area contributed by atoms with Crippen LogP contribution < -0.4 is 5.56 Å². The molecule has 0 amide bonds. The van der Waals surface area contributed by atoms with E-state index in [0.29, 0.717) is 26.9 Å². The van der Waals surface area contributed by atoms with E-state index < -0.39 is 5.97 Å². The molecule has 8 heteroatoms. The van der Waals surface area contributed by atoms with Crippen LogP contribution in [0.4, 0.5) is 0 Å². The lowest BCUT2D eigenvalue weighted by Crippen LogP contribution is -2.18. The quantitative estimate of drug-likeness (QED) is 0.414. The number of fused-ring (bicyclic) bond motifs is 1. The van der Waals surface area contributed by atoms with Crippen LogP contribution in [-0.2, 0) is 17.5 Å². The SMILES string of the molecule is COC(=O)c1ccc(CSc2nc3ccsc3c(=O)n2C)o1. The van der Waals surface area contributed by atoms with Gasteiger partial charge in [-0.15, -0.1) is 11.3 Å². The number of esters is 1. The van der Waals surface area contributed by atoms with Crippen molar-refractivity contribution in [2.45, 2.75) is 10.9 Å². The molecule has 114 valence electrons. The molecule has 0 bridgehead atoms. The monoisotopic (exact) mass is 336 g/mol. The van der Waals surface area contributed by atoms with Gasteiger partial charge < -0.3 is 9.15 Å². The van der Waals surface area contributed by atoms with Crippen molar-refractivity contribution in [3.8, 4) is 0 Å². The Balaban J connectivity index is 1.82. The molecule has 0 aliphatic rings. The van der Waals surface area contributed by atoms with Gasteiger partial charge in [0.05, 0.1) is 18.4 Å². The Morgan fingerprint density at radius 1 is 1.45 bits per heavy atom. The molecule has 3 aromatic heterocycles. The normalized spacial score (nSPS) is 11.0. The Bertz CT molecular complexity index is 894. The number of ether oxygens (including phenoxy) is 1. The van der Waals surface area contributed by atoms with E-state index in [4.69, 9.17) is 4.42 Å². The summed E-state index contributed by atoms with van der Waals surface area (Å²) in [7, 11) is 2.99. The van der Waals surface area contributed by atoms with Gasteiger partial charge in [0.2, 0.25) is 5.76 Å². The standard InChI is InChI=1S/C14H12N2O4S2/c1-16-12(17)11-9(5-6-21-11)15-14(16)22-7-8-3-4-10(20-8)13(18)19-2/h3-6H,7H2,1-2H3. The van der Waals surface area contributed by atoms with Gasteiger partial charge in [-0.3, -0.25) is 9.36 Å². The molecular weight excluding hydrogens is 324 g/mol. The first-order valence-electron chi connectivity index (χ1n) is 6.34.